The zero-order chi connectivity index (χ0) is 12.0. The lowest BCUT2D eigenvalue weighted by Crippen LogP contribution is -2.31. The lowest BCUT2D eigenvalue weighted by atomic mass is 10.3. The molecule has 2 heterocycles. The molecule has 6 nitrogen and oxygen atoms in total. The van der Waals surface area contributed by atoms with Gasteiger partial charge in [0.25, 0.3) is 0 Å². The second-order valence-electron chi connectivity index (χ2n) is 3.63. The number of H-pyrrole nitrogens is 1. The van der Waals surface area contributed by atoms with Crippen LogP contribution in [0.25, 0.3) is 0 Å². The van der Waals surface area contributed by atoms with Gasteiger partial charge in [-0.1, -0.05) is 0 Å². The van der Waals surface area contributed by atoms with E-state index in [2.05, 4.69) is 10.2 Å². The molecule has 0 saturated heterocycles. The van der Waals surface area contributed by atoms with Crippen molar-refractivity contribution in [3.8, 4) is 0 Å². The summed E-state index contributed by atoms with van der Waals surface area (Å²) < 4.78 is 13.7. The molecule has 1 aliphatic rings. The van der Waals surface area contributed by atoms with Crippen LogP contribution in [0.1, 0.15) is 5.82 Å². The molecular weight excluding hydrogens is 227 g/mol. The first-order valence-corrected chi connectivity index (χ1v) is 4.90. The predicted octanol–water partition coefficient (Wildman–Crippen LogP) is 0.699. The van der Waals surface area contributed by atoms with E-state index in [0.29, 0.717) is 11.5 Å². The van der Waals surface area contributed by atoms with Gasteiger partial charge in [0.1, 0.15) is 5.82 Å². The Hall–Kier alpha value is -2.44. The third-order valence-corrected chi connectivity index (χ3v) is 2.60. The zero-order valence-electron chi connectivity index (χ0n) is 8.55. The van der Waals surface area contributed by atoms with Crippen LogP contribution in [0.3, 0.4) is 0 Å². The molecule has 0 unspecified atom stereocenters. The first-order chi connectivity index (χ1) is 8.16. The molecule has 2 aromatic rings. The van der Waals surface area contributed by atoms with Crippen LogP contribution >= 0.6 is 0 Å². The average Bonchev–Trinajstić information content (AvgIpc) is 2.83. The largest absolute Gasteiger partial charge is 0.351 e. The highest BCUT2D eigenvalue weighted by atomic mass is 19.1. The van der Waals surface area contributed by atoms with Crippen molar-refractivity contribution in [1.29, 1.82) is 0 Å². The molecule has 0 spiro atoms. The van der Waals surface area contributed by atoms with Crippen molar-refractivity contribution >= 4 is 11.7 Å². The summed E-state index contributed by atoms with van der Waals surface area (Å²) in [6, 6.07) is 4.99. The van der Waals surface area contributed by atoms with E-state index in [1.807, 2.05) is 0 Å². The SMILES string of the molecule is O=C1N(c2ccc(F)cc2)Cc2n[nH]c(=O)n21. The van der Waals surface area contributed by atoms with Crippen LogP contribution in [0.5, 0.6) is 0 Å². The fourth-order valence-corrected chi connectivity index (χ4v) is 1.79. The Morgan fingerprint density at radius 2 is 1.94 bits per heavy atom. The lowest BCUT2D eigenvalue weighted by Gasteiger charge is -2.13. The highest BCUT2D eigenvalue weighted by Gasteiger charge is 2.31. The minimum Gasteiger partial charge on any atom is -0.286 e. The van der Waals surface area contributed by atoms with Crippen molar-refractivity contribution in [1.82, 2.24) is 14.8 Å². The summed E-state index contributed by atoms with van der Waals surface area (Å²) in [6.07, 6.45) is 0. The molecule has 1 aliphatic heterocycles. The summed E-state index contributed by atoms with van der Waals surface area (Å²) in [5.41, 5.74) is -0.0316. The fraction of sp³-hybridized carbons (Fsp3) is 0.100. The van der Waals surface area contributed by atoms with E-state index >= 15 is 0 Å². The maximum atomic E-state index is 12.8. The van der Waals surface area contributed by atoms with Crippen molar-refractivity contribution in [2.24, 2.45) is 0 Å². The topological polar surface area (TPSA) is 71.0 Å². The molecule has 3 rings (SSSR count). The number of anilines is 1. The molecule has 7 heteroatoms. The maximum absolute atomic E-state index is 12.8. The molecule has 0 bridgehead atoms. The number of aromatic amines is 1. The van der Waals surface area contributed by atoms with Gasteiger partial charge in [0, 0.05) is 5.69 Å². The summed E-state index contributed by atoms with van der Waals surface area (Å²) in [5, 5.41) is 5.93. The van der Waals surface area contributed by atoms with E-state index in [4.69, 9.17) is 0 Å². The van der Waals surface area contributed by atoms with E-state index in [-0.39, 0.29) is 12.4 Å². The minimum atomic E-state index is -0.561. The second kappa shape index (κ2) is 3.27. The molecule has 0 radical (unpaired) electrons. The second-order valence-corrected chi connectivity index (χ2v) is 3.63. The Morgan fingerprint density at radius 3 is 2.59 bits per heavy atom. The van der Waals surface area contributed by atoms with Crippen LogP contribution in [0, 0.1) is 5.82 Å². The van der Waals surface area contributed by atoms with E-state index in [1.165, 1.54) is 29.2 Å². The van der Waals surface area contributed by atoms with E-state index in [0.717, 1.165) is 4.57 Å². The molecule has 1 N–H and O–H groups in total. The first kappa shape index (κ1) is 9.76. The van der Waals surface area contributed by atoms with Crippen molar-refractivity contribution < 1.29 is 9.18 Å². The van der Waals surface area contributed by atoms with E-state index in [9.17, 15) is 14.0 Å². The Morgan fingerprint density at radius 1 is 1.24 bits per heavy atom. The van der Waals surface area contributed by atoms with E-state index < -0.39 is 11.7 Å². The van der Waals surface area contributed by atoms with Gasteiger partial charge >= 0.3 is 11.7 Å². The molecule has 17 heavy (non-hydrogen) atoms. The lowest BCUT2D eigenvalue weighted by molar-refractivity contribution is 0.250. The van der Waals surface area contributed by atoms with Gasteiger partial charge in [0.15, 0.2) is 5.82 Å². The third-order valence-electron chi connectivity index (χ3n) is 2.60. The molecule has 1 aromatic carbocycles. The number of carbonyl (C=O) groups is 1. The van der Waals surface area contributed by atoms with Gasteiger partial charge in [-0.05, 0) is 24.3 Å². The van der Waals surface area contributed by atoms with Crippen LogP contribution in [0.4, 0.5) is 14.9 Å². The fourth-order valence-electron chi connectivity index (χ4n) is 1.79. The maximum Gasteiger partial charge on any atom is 0.351 e. The molecule has 0 fully saturated rings. The molecule has 1 aromatic heterocycles. The van der Waals surface area contributed by atoms with Gasteiger partial charge in [0.05, 0.1) is 6.54 Å². The van der Waals surface area contributed by atoms with Gasteiger partial charge in [-0.2, -0.15) is 9.67 Å². The number of aromatic nitrogens is 3. The van der Waals surface area contributed by atoms with Crippen LogP contribution < -0.4 is 10.6 Å². The number of hydrogen-bond acceptors (Lipinski definition) is 3. The molecule has 0 atom stereocenters. The number of hydrogen-bond donors (Lipinski definition) is 1. The van der Waals surface area contributed by atoms with Crippen molar-refractivity contribution in [2.75, 3.05) is 4.90 Å². The summed E-state index contributed by atoms with van der Waals surface area (Å²) in [7, 11) is 0. The van der Waals surface area contributed by atoms with Gasteiger partial charge in [-0.25, -0.2) is 19.1 Å². The number of carbonyl (C=O) groups excluding carboxylic acids is 1. The number of benzene rings is 1. The molecule has 86 valence electrons. The Labute approximate surface area is 94.3 Å². The number of nitrogens with one attached hydrogen (secondary N) is 1. The summed E-state index contributed by atoms with van der Waals surface area (Å²) in [6.45, 7) is 0.198. The summed E-state index contributed by atoms with van der Waals surface area (Å²) >= 11 is 0. The number of rotatable bonds is 1. The number of halogens is 1. The van der Waals surface area contributed by atoms with Crippen molar-refractivity contribution in [2.45, 2.75) is 6.54 Å². The van der Waals surface area contributed by atoms with Crippen LogP contribution in [0.15, 0.2) is 29.1 Å². The standard InChI is InChI=1S/C10H7FN4O2/c11-6-1-3-7(4-2-6)14-5-8-12-13-9(16)15(8)10(14)17/h1-4H,5H2,(H,13,16). The Balaban J connectivity index is 2.02. The van der Waals surface area contributed by atoms with Gasteiger partial charge in [-0.15, -0.1) is 0 Å². The number of amides is 1. The van der Waals surface area contributed by atoms with Crippen LogP contribution in [0.2, 0.25) is 0 Å². The highest BCUT2D eigenvalue weighted by molar-refractivity contribution is 5.95. The minimum absolute atomic E-state index is 0.198. The van der Waals surface area contributed by atoms with Crippen molar-refractivity contribution in [3.63, 3.8) is 0 Å². The summed E-state index contributed by atoms with van der Waals surface area (Å²) in [4.78, 5) is 24.5. The van der Waals surface area contributed by atoms with Gasteiger partial charge in [-0.3, -0.25) is 4.90 Å². The van der Waals surface area contributed by atoms with E-state index in [1.54, 1.807) is 0 Å². The average molecular weight is 234 g/mol. The third kappa shape index (κ3) is 1.36. The van der Waals surface area contributed by atoms with Gasteiger partial charge in [0.2, 0.25) is 0 Å². The predicted molar refractivity (Wildman–Crippen MR) is 56.2 cm³/mol. The van der Waals surface area contributed by atoms with Crippen molar-refractivity contribution in [3.05, 3.63) is 46.4 Å². The van der Waals surface area contributed by atoms with Gasteiger partial charge < -0.3 is 0 Å². The Kier molecular flexibility index (Phi) is 1.88. The normalized spacial score (nSPS) is 14.2. The molecule has 0 saturated carbocycles. The Bertz CT molecular complexity index is 643. The quantitative estimate of drug-likeness (QED) is 0.789. The monoisotopic (exact) mass is 234 g/mol. The number of fused-ring (bicyclic) bond motifs is 1. The smallest absolute Gasteiger partial charge is 0.286 e. The summed E-state index contributed by atoms with van der Waals surface area (Å²) in [5.74, 6) is -0.0275. The molecule has 0 aliphatic carbocycles. The number of nitrogens with zero attached hydrogens (tertiary/aromatic N) is 3. The van der Waals surface area contributed by atoms with Crippen LogP contribution in [-0.4, -0.2) is 20.8 Å². The highest BCUT2D eigenvalue weighted by Crippen LogP contribution is 2.21. The zero-order valence-corrected chi connectivity index (χ0v) is 8.55. The molecule has 1 amide bonds. The molecular formula is C10H7FN4O2. The first-order valence-electron chi connectivity index (χ1n) is 4.90. The van der Waals surface area contributed by atoms with Crippen LogP contribution in [-0.2, 0) is 6.54 Å².